The van der Waals surface area contributed by atoms with Gasteiger partial charge in [-0.3, -0.25) is 5.32 Å². The van der Waals surface area contributed by atoms with Gasteiger partial charge in [-0.1, -0.05) is 0 Å². The molecular weight excluding hydrogens is 814 g/mol. The number of hydrogen-bond acceptors (Lipinski definition) is 13. The van der Waals surface area contributed by atoms with Crippen LogP contribution in [0.15, 0.2) is 23.8 Å². The minimum absolute atomic E-state index is 0.0786. The largest absolute Gasteiger partial charge is 0.474 e. The Labute approximate surface area is 359 Å². The molecule has 3 aliphatic rings. The van der Waals surface area contributed by atoms with Gasteiger partial charge in [0.05, 0.1) is 5.56 Å². The summed E-state index contributed by atoms with van der Waals surface area (Å²) in [5, 5.41) is 5.90. The molecule has 2 amide bonds. The minimum atomic E-state index is -4.80. The Bertz CT molecular complexity index is 1990. The predicted octanol–water partition coefficient (Wildman–Crippen LogP) is 7.74. The normalized spacial score (nSPS) is 18.2. The summed E-state index contributed by atoms with van der Waals surface area (Å²) in [4.78, 5) is 61.6. The van der Waals surface area contributed by atoms with Crippen LogP contribution in [-0.4, -0.2) is 130 Å². The van der Waals surface area contributed by atoms with Crippen molar-refractivity contribution in [2.45, 2.75) is 130 Å². The summed E-state index contributed by atoms with van der Waals surface area (Å²) >= 11 is 0.674. The second-order valence-corrected chi connectivity index (χ2v) is 17.6. The topological polar surface area (TPSA) is 151 Å². The van der Waals surface area contributed by atoms with Crippen LogP contribution in [0, 0.1) is 0 Å². The average Bonchev–Trinajstić information content (AvgIpc) is 3.73. The van der Waals surface area contributed by atoms with Crippen molar-refractivity contribution in [2.75, 3.05) is 51.1 Å². The molecule has 0 aliphatic carbocycles. The number of ether oxygens (including phenoxy) is 3. The molecule has 6 rings (SSSR count). The first-order valence-electron chi connectivity index (χ1n) is 21.4. The number of carbonyl (C=O) groups is 3. The Hall–Kier alpha value is -4.39. The number of hydrogen-bond donors (Lipinski definition) is 2. The van der Waals surface area contributed by atoms with Gasteiger partial charge in [0.25, 0.3) is 0 Å². The molecular formula is C43H59F3N8O6S. The number of piperidine rings is 3. The molecule has 6 heterocycles. The van der Waals surface area contributed by atoms with E-state index in [0.717, 1.165) is 31.6 Å². The fourth-order valence-electron chi connectivity index (χ4n) is 8.03. The van der Waals surface area contributed by atoms with Gasteiger partial charge in [0, 0.05) is 98.4 Å². The molecule has 0 radical (unpaired) electrons. The maximum atomic E-state index is 14.6. The van der Waals surface area contributed by atoms with Crippen LogP contribution in [-0.2, 0) is 15.7 Å². The summed E-state index contributed by atoms with van der Waals surface area (Å²) < 4.78 is 61.3. The lowest BCUT2D eigenvalue weighted by atomic mass is 9.96. The first kappa shape index (κ1) is 46.1. The molecule has 0 spiro atoms. The third-order valence-electron chi connectivity index (χ3n) is 11.7. The fourth-order valence-corrected chi connectivity index (χ4v) is 8.92. The van der Waals surface area contributed by atoms with Gasteiger partial charge < -0.3 is 34.2 Å². The van der Waals surface area contributed by atoms with Crippen LogP contribution in [0.1, 0.15) is 113 Å². The van der Waals surface area contributed by atoms with Crippen molar-refractivity contribution < 1.29 is 41.8 Å². The second-order valence-electron chi connectivity index (χ2n) is 16.8. The summed E-state index contributed by atoms with van der Waals surface area (Å²) in [5.74, 6) is -1.68. The van der Waals surface area contributed by atoms with Gasteiger partial charge in [0.1, 0.15) is 34.7 Å². The van der Waals surface area contributed by atoms with Crippen molar-refractivity contribution in [1.82, 2.24) is 35.0 Å². The molecule has 0 bridgehead atoms. The lowest BCUT2D eigenvalue weighted by Gasteiger charge is -2.35. The number of thiazole rings is 1. The van der Waals surface area contributed by atoms with E-state index < -0.39 is 35.9 Å². The van der Waals surface area contributed by atoms with Crippen molar-refractivity contribution >= 4 is 35.1 Å². The number of likely N-dealkylation sites (tertiary alicyclic amines) is 3. The quantitative estimate of drug-likeness (QED) is 0.162. The first-order chi connectivity index (χ1) is 29.0. The number of nitrogens with one attached hydrogen (secondary N) is 2. The number of rotatable bonds is 13. The number of esters is 2. The van der Waals surface area contributed by atoms with Crippen molar-refractivity contribution in [1.29, 1.82) is 0 Å². The Balaban J connectivity index is 1.48. The number of nitrogens with zero attached hydrogens (tertiary/aromatic N) is 6. The number of halogens is 3. The second kappa shape index (κ2) is 20.2. The van der Waals surface area contributed by atoms with Gasteiger partial charge in [-0.25, -0.2) is 29.3 Å². The fraction of sp³-hybridized carbons (Fsp3) is 0.628. The van der Waals surface area contributed by atoms with E-state index in [4.69, 9.17) is 14.2 Å². The Morgan fingerprint density at radius 3 is 1.79 bits per heavy atom. The van der Waals surface area contributed by atoms with Gasteiger partial charge in [-0.05, 0) is 93.1 Å². The molecule has 0 atom stereocenters. The SMILES string of the molecule is CCNC(=O)Nc1ncc(-c2cc(C(=O)OC3CCN(C(C)C)CC3)cnc2OC2CCN(C(C)C)CC2)c(-c2nc(C(F)(F)F)cs2)c1C(=O)OC1CCN(C(C)C)CC1. The molecule has 61 heavy (non-hydrogen) atoms. The van der Waals surface area contributed by atoms with Gasteiger partial charge in [0.15, 0.2) is 5.69 Å². The molecule has 3 aromatic rings. The number of alkyl halides is 3. The molecule has 3 saturated heterocycles. The van der Waals surface area contributed by atoms with E-state index in [9.17, 15) is 27.6 Å². The first-order valence-corrected chi connectivity index (χ1v) is 22.3. The highest BCUT2D eigenvalue weighted by atomic mass is 32.1. The van der Waals surface area contributed by atoms with E-state index in [-0.39, 0.29) is 63.3 Å². The van der Waals surface area contributed by atoms with Gasteiger partial charge in [-0.15, -0.1) is 11.3 Å². The summed E-state index contributed by atoms with van der Waals surface area (Å²) in [5.41, 5.74) is -1.17. The lowest BCUT2D eigenvalue weighted by molar-refractivity contribution is -0.140. The zero-order chi connectivity index (χ0) is 44.0. The molecule has 334 valence electrons. The number of amides is 2. The molecule has 3 aliphatic heterocycles. The van der Waals surface area contributed by atoms with Crippen LogP contribution in [0.2, 0.25) is 0 Å². The molecule has 3 aromatic heterocycles. The molecule has 0 unspecified atom stereocenters. The zero-order valence-electron chi connectivity index (χ0n) is 36.1. The van der Waals surface area contributed by atoms with Crippen LogP contribution in [0.5, 0.6) is 5.88 Å². The van der Waals surface area contributed by atoms with Crippen molar-refractivity contribution in [3.63, 3.8) is 0 Å². The highest BCUT2D eigenvalue weighted by Gasteiger charge is 2.37. The predicted molar refractivity (Wildman–Crippen MR) is 227 cm³/mol. The summed E-state index contributed by atoms with van der Waals surface area (Å²) in [6, 6.07) is 1.83. The van der Waals surface area contributed by atoms with Crippen molar-refractivity contribution in [3.8, 4) is 27.6 Å². The highest BCUT2D eigenvalue weighted by molar-refractivity contribution is 7.13. The minimum Gasteiger partial charge on any atom is -0.474 e. The summed E-state index contributed by atoms with van der Waals surface area (Å²) in [6.45, 7) is 19.1. The van der Waals surface area contributed by atoms with Crippen molar-refractivity contribution in [3.05, 3.63) is 40.7 Å². The van der Waals surface area contributed by atoms with E-state index >= 15 is 0 Å². The van der Waals surface area contributed by atoms with Crippen LogP contribution >= 0.6 is 11.3 Å². The maximum Gasteiger partial charge on any atom is 0.434 e. The third kappa shape index (κ3) is 11.6. The molecule has 0 aromatic carbocycles. The summed E-state index contributed by atoms with van der Waals surface area (Å²) in [6.07, 6.45) is 0.489. The van der Waals surface area contributed by atoms with Crippen LogP contribution in [0.4, 0.5) is 23.8 Å². The van der Waals surface area contributed by atoms with Crippen LogP contribution in [0.25, 0.3) is 21.7 Å². The van der Waals surface area contributed by atoms with Crippen molar-refractivity contribution in [2.24, 2.45) is 0 Å². The lowest BCUT2D eigenvalue weighted by Crippen LogP contribution is -2.42. The van der Waals surface area contributed by atoms with E-state index in [1.54, 1.807) is 6.92 Å². The highest BCUT2D eigenvalue weighted by Crippen LogP contribution is 2.44. The number of carbonyl (C=O) groups excluding carboxylic acids is 3. The van der Waals surface area contributed by atoms with E-state index in [1.807, 2.05) is 0 Å². The monoisotopic (exact) mass is 872 g/mol. The van der Waals surface area contributed by atoms with Crippen LogP contribution < -0.4 is 15.4 Å². The molecule has 14 nitrogen and oxygen atoms in total. The Morgan fingerprint density at radius 2 is 1.30 bits per heavy atom. The average molecular weight is 873 g/mol. The number of urea groups is 1. The Kier molecular flexibility index (Phi) is 15.3. The molecule has 18 heteroatoms. The molecule has 3 fully saturated rings. The number of anilines is 1. The maximum absolute atomic E-state index is 14.6. The molecule has 2 N–H and O–H groups in total. The summed E-state index contributed by atoms with van der Waals surface area (Å²) in [7, 11) is 0. The smallest absolute Gasteiger partial charge is 0.434 e. The Morgan fingerprint density at radius 1 is 0.770 bits per heavy atom. The van der Waals surface area contributed by atoms with E-state index in [0.29, 0.717) is 81.1 Å². The standard InChI is InChI=1S/C43H59F3N8O6S/c1-8-47-42(57)51-37-36(41(56)60-31-13-19-54(20-14-31)27(6)7)35(39-50-34(24-61-39)43(44,45)46)33(23-48-37)32-21-28(40(55)59-30-11-17-53(18-12-30)26(4)5)22-49-38(32)58-29-9-15-52(16-10-29)25(2)3/h21-27,29-31H,8-20H2,1-7H3,(H2,47,48,51,57). The van der Waals surface area contributed by atoms with E-state index in [2.05, 4.69) is 81.8 Å². The van der Waals surface area contributed by atoms with Crippen LogP contribution in [0.3, 0.4) is 0 Å². The third-order valence-corrected chi connectivity index (χ3v) is 12.5. The number of pyridine rings is 2. The van der Waals surface area contributed by atoms with Gasteiger partial charge >= 0.3 is 24.1 Å². The zero-order valence-corrected chi connectivity index (χ0v) is 37.0. The van der Waals surface area contributed by atoms with Gasteiger partial charge in [-0.2, -0.15) is 13.2 Å². The number of aromatic nitrogens is 3. The van der Waals surface area contributed by atoms with Gasteiger partial charge in [0.2, 0.25) is 5.88 Å². The van der Waals surface area contributed by atoms with E-state index in [1.165, 1.54) is 18.5 Å². The molecule has 0 saturated carbocycles.